The lowest BCUT2D eigenvalue weighted by atomic mass is 9.65. The lowest BCUT2D eigenvalue weighted by Crippen LogP contribution is -2.54. The number of carbonyl (C=O) groups excluding carboxylic acids is 3. The Balaban J connectivity index is 1.73. The van der Waals surface area contributed by atoms with Crippen molar-refractivity contribution in [3.8, 4) is 0 Å². The second kappa shape index (κ2) is 8.72. The highest BCUT2D eigenvalue weighted by Gasteiger charge is 2.78. The molecule has 0 saturated carbocycles. The number of carbonyl (C=O) groups is 3. The van der Waals surface area contributed by atoms with Crippen molar-refractivity contribution in [1.82, 2.24) is 10.2 Å². The van der Waals surface area contributed by atoms with E-state index in [0.29, 0.717) is 31.5 Å². The minimum atomic E-state index is -1.07. The van der Waals surface area contributed by atoms with Gasteiger partial charge in [0.05, 0.1) is 24.0 Å². The number of nitrogens with one attached hydrogen (secondary N) is 2. The molecule has 5 atom stereocenters. The third-order valence-electron chi connectivity index (χ3n) is 7.75. The topological polar surface area (TPSA) is 108 Å². The van der Waals surface area contributed by atoms with Gasteiger partial charge in [0.1, 0.15) is 11.6 Å². The molecule has 4 rings (SSSR count). The van der Waals surface area contributed by atoms with Crippen molar-refractivity contribution in [2.45, 2.75) is 70.6 Å². The Hall–Kier alpha value is -2.45. The largest absolute Gasteiger partial charge is 0.395 e. The number of benzene rings is 1. The van der Waals surface area contributed by atoms with Gasteiger partial charge in [-0.1, -0.05) is 26.0 Å². The molecule has 1 aromatic carbocycles. The van der Waals surface area contributed by atoms with Crippen LogP contribution in [0.25, 0.3) is 0 Å². The first-order valence-electron chi connectivity index (χ1n) is 12.0. The van der Waals surface area contributed by atoms with Gasteiger partial charge in [-0.3, -0.25) is 14.4 Å². The molecule has 3 fully saturated rings. The average Bonchev–Trinajstić information content (AvgIpc) is 3.39. The zero-order valence-electron chi connectivity index (χ0n) is 19.9. The number of likely N-dealkylation sites (tertiary alicyclic amines) is 1. The number of nitrogens with zero attached hydrogens (tertiary/aromatic N) is 1. The fourth-order valence-electron chi connectivity index (χ4n) is 6.19. The first-order valence-corrected chi connectivity index (χ1v) is 12.0. The van der Waals surface area contributed by atoms with E-state index in [4.69, 9.17) is 4.74 Å². The third-order valence-corrected chi connectivity index (χ3v) is 7.75. The van der Waals surface area contributed by atoms with Crippen molar-refractivity contribution < 1.29 is 24.2 Å². The van der Waals surface area contributed by atoms with Crippen LogP contribution in [-0.2, 0) is 19.1 Å². The maximum Gasteiger partial charge on any atom is 0.250 e. The number of rotatable bonds is 8. The van der Waals surface area contributed by atoms with E-state index in [0.717, 1.165) is 17.5 Å². The molecule has 8 nitrogen and oxygen atoms in total. The van der Waals surface area contributed by atoms with Gasteiger partial charge in [0.2, 0.25) is 17.7 Å². The minimum absolute atomic E-state index is 0.0216. The zero-order chi connectivity index (χ0) is 24.0. The molecule has 2 bridgehead atoms. The zero-order valence-corrected chi connectivity index (χ0v) is 19.9. The number of hydrogen-bond donors (Lipinski definition) is 3. The van der Waals surface area contributed by atoms with E-state index in [1.54, 1.807) is 0 Å². The Kier molecular flexibility index (Phi) is 6.26. The predicted octanol–water partition coefficient (Wildman–Crippen LogP) is 1.92. The Morgan fingerprint density at radius 1 is 1.21 bits per heavy atom. The summed E-state index contributed by atoms with van der Waals surface area (Å²) in [5.74, 6) is -2.18. The summed E-state index contributed by atoms with van der Waals surface area (Å²) in [7, 11) is 0. The lowest BCUT2D eigenvalue weighted by molar-refractivity contribution is -0.146. The van der Waals surface area contributed by atoms with Crippen LogP contribution in [0.3, 0.4) is 0 Å². The number of aliphatic hydroxyl groups is 1. The highest BCUT2D eigenvalue weighted by molar-refractivity contribution is 6.04. The number of hydrogen-bond acceptors (Lipinski definition) is 5. The number of aliphatic hydroxyl groups excluding tert-OH is 1. The van der Waals surface area contributed by atoms with Gasteiger partial charge in [-0.2, -0.15) is 0 Å². The van der Waals surface area contributed by atoms with Crippen LogP contribution in [0.1, 0.15) is 50.7 Å². The van der Waals surface area contributed by atoms with Gasteiger partial charge in [-0.25, -0.2) is 0 Å². The van der Waals surface area contributed by atoms with Gasteiger partial charge in [-0.15, -0.1) is 0 Å². The fraction of sp³-hybridized carbons (Fsp3) is 0.640. The van der Waals surface area contributed by atoms with Crippen LogP contribution in [0, 0.1) is 25.7 Å². The molecule has 3 amide bonds. The van der Waals surface area contributed by atoms with E-state index in [1.165, 1.54) is 4.90 Å². The number of amides is 3. The van der Waals surface area contributed by atoms with Gasteiger partial charge in [0.15, 0.2) is 0 Å². The average molecular weight is 458 g/mol. The number of fused-ring (bicyclic) bond motifs is 1. The molecule has 1 spiro atoms. The molecule has 33 heavy (non-hydrogen) atoms. The van der Waals surface area contributed by atoms with Gasteiger partial charge in [0, 0.05) is 18.8 Å². The van der Waals surface area contributed by atoms with Gasteiger partial charge in [-0.05, 0) is 56.7 Å². The molecular weight excluding hydrogens is 422 g/mol. The molecule has 0 aliphatic carbocycles. The maximum atomic E-state index is 13.7. The molecule has 8 heteroatoms. The number of aryl methyl sites for hydroxylation is 2. The summed E-state index contributed by atoms with van der Waals surface area (Å²) in [6.07, 6.45) is 2.53. The summed E-state index contributed by atoms with van der Waals surface area (Å²) in [4.78, 5) is 42.1. The number of anilines is 1. The Morgan fingerprint density at radius 2 is 1.97 bits per heavy atom. The van der Waals surface area contributed by atoms with E-state index in [1.807, 2.05) is 45.9 Å². The van der Waals surface area contributed by atoms with Crippen LogP contribution in [0.4, 0.5) is 5.69 Å². The standard InChI is InChI=1S/C25H35N3O5/c1-5-11-26-21(30)18-19-23(32)28(12-13-29)20(25(19)10-9-24(18,6-2)33-25)22(31)27-17-14-15(3)7-8-16(17)4/h7-8,14,18-20,29H,5-6,9-13H2,1-4H3,(H,26,30)(H,27,31)/t18-,19-,20?,24+,25?/m0/s1. The Bertz CT molecular complexity index is 965. The molecule has 3 N–H and O–H groups in total. The first-order chi connectivity index (χ1) is 15.7. The predicted molar refractivity (Wildman–Crippen MR) is 123 cm³/mol. The van der Waals surface area contributed by atoms with Crippen LogP contribution in [0.5, 0.6) is 0 Å². The molecule has 180 valence electrons. The third kappa shape index (κ3) is 3.54. The van der Waals surface area contributed by atoms with E-state index < -0.39 is 29.1 Å². The van der Waals surface area contributed by atoms with Crippen LogP contribution in [0.15, 0.2) is 18.2 Å². The molecule has 3 aliphatic heterocycles. The molecule has 3 aliphatic rings. The van der Waals surface area contributed by atoms with Crippen LogP contribution in [-0.4, -0.2) is 64.7 Å². The second-order valence-electron chi connectivity index (χ2n) is 9.69. The molecule has 0 radical (unpaired) electrons. The lowest BCUT2D eigenvalue weighted by Gasteiger charge is -2.33. The number of β-amino-alcohol motifs (C(OH)–C–C–N with tert-alkyl or cyclic N) is 1. The second-order valence-corrected chi connectivity index (χ2v) is 9.69. The van der Waals surface area contributed by atoms with E-state index >= 15 is 0 Å². The molecule has 3 heterocycles. The highest BCUT2D eigenvalue weighted by atomic mass is 16.5. The van der Waals surface area contributed by atoms with Crippen LogP contribution < -0.4 is 10.6 Å². The van der Waals surface area contributed by atoms with Crippen LogP contribution >= 0.6 is 0 Å². The summed E-state index contributed by atoms with van der Waals surface area (Å²) < 4.78 is 6.64. The van der Waals surface area contributed by atoms with Crippen molar-refractivity contribution in [3.05, 3.63) is 29.3 Å². The number of ether oxygens (including phenoxy) is 1. The fourth-order valence-corrected chi connectivity index (χ4v) is 6.19. The van der Waals surface area contributed by atoms with Crippen molar-refractivity contribution in [2.75, 3.05) is 25.0 Å². The van der Waals surface area contributed by atoms with Gasteiger partial charge in [0.25, 0.3) is 0 Å². The summed E-state index contributed by atoms with van der Waals surface area (Å²) in [5.41, 5.74) is 0.794. The van der Waals surface area contributed by atoms with Gasteiger partial charge >= 0.3 is 0 Å². The summed E-state index contributed by atoms with van der Waals surface area (Å²) in [5, 5.41) is 15.6. The monoisotopic (exact) mass is 457 g/mol. The molecule has 0 aromatic heterocycles. The van der Waals surface area contributed by atoms with E-state index in [9.17, 15) is 19.5 Å². The molecule has 1 aromatic rings. The Morgan fingerprint density at radius 3 is 2.64 bits per heavy atom. The first kappa shape index (κ1) is 23.7. The van der Waals surface area contributed by atoms with Crippen molar-refractivity contribution in [3.63, 3.8) is 0 Å². The van der Waals surface area contributed by atoms with Crippen molar-refractivity contribution >= 4 is 23.4 Å². The van der Waals surface area contributed by atoms with Crippen molar-refractivity contribution in [2.24, 2.45) is 11.8 Å². The van der Waals surface area contributed by atoms with Crippen molar-refractivity contribution in [1.29, 1.82) is 0 Å². The smallest absolute Gasteiger partial charge is 0.250 e. The van der Waals surface area contributed by atoms with E-state index in [2.05, 4.69) is 10.6 Å². The summed E-state index contributed by atoms with van der Waals surface area (Å²) in [6.45, 7) is 8.10. The van der Waals surface area contributed by atoms with E-state index in [-0.39, 0.29) is 30.9 Å². The maximum absolute atomic E-state index is 13.7. The highest BCUT2D eigenvalue weighted by Crippen LogP contribution is 2.64. The SMILES string of the molecule is CCCNC(=O)[C@@H]1[C@H]2C(=O)N(CCO)C(C(=O)Nc3cc(C)ccc3C)C23CC[C@@]1(CC)O3. The molecule has 2 unspecified atom stereocenters. The quantitative estimate of drug-likeness (QED) is 0.553. The normalized spacial score (nSPS) is 32.2. The van der Waals surface area contributed by atoms with Gasteiger partial charge < -0.3 is 25.4 Å². The summed E-state index contributed by atoms with van der Waals surface area (Å²) >= 11 is 0. The molecular formula is C25H35N3O5. The van der Waals surface area contributed by atoms with Crippen LogP contribution in [0.2, 0.25) is 0 Å². The minimum Gasteiger partial charge on any atom is -0.395 e. The summed E-state index contributed by atoms with van der Waals surface area (Å²) in [6, 6.07) is 4.91. The Labute approximate surface area is 195 Å². The molecule has 3 saturated heterocycles.